The van der Waals surface area contributed by atoms with E-state index in [0.29, 0.717) is 4.90 Å². The van der Waals surface area contributed by atoms with Crippen molar-refractivity contribution >= 4 is 40.8 Å². The minimum Gasteiger partial charge on any atom is -0.396 e. The molecule has 0 unspecified atom stereocenters. The lowest BCUT2D eigenvalue weighted by Gasteiger charge is -2.09. The van der Waals surface area contributed by atoms with Crippen LogP contribution in [0, 0.1) is 5.82 Å². The smallest absolute Gasteiger partial charge is 0.234 e. The Balaban J connectivity index is 1.94. The number of nitrogen functional groups attached to an aromatic ring is 1. The SMILES string of the molecule is CSc1ccccc1NC(=O)CSc1ccc(N)c(F)c1. The fourth-order valence-corrected chi connectivity index (χ4v) is 2.96. The van der Waals surface area contributed by atoms with Gasteiger partial charge in [0.15, 0.2) is 0 Å². The van der Waals surface area contributed by atoms with Gasteiger partial charge in [-0.15, -0.1) is 23.5 Å². The lowest BCUT2D eigenvalue weighted by atomic mass is 10.3. The average Bonchev–Trinajstić information content (AvgIpc) is 2.49. The van der Waals surface area contributed by atoms with Gasteiger partial charge in [-0.05, 0) is 36.6 Å². The summed E-state index contributed by atoms with van der Waals surface area (Å²) in [5.41, 5.74) is 6.31. The molecule has 0 aliphatic carbocycles. The van der Waals surface area contributed by atoms with E-state index in [2.05, 4.69) is 5.32 Å². The largest absolute Gasteiger partial charge is 0.396 e. The number of nitrogens with two attached hydrogens (primary N) is 1. The van der Waals surface area contributed by atoms with Crippen molar-refractivity contribution < 1.29 is 9.18 Å². The summed E-state index contributed by atoms with van der Waals surface area (Å²) in [4.78, 5) is 13.6. The highest BCUT2D eigenvalue weighted by molar-refractivity contribution is 8.00. The molecule has 2 aromatic rings. The van der Waals surface area contributed by atoms with E-state index in [4.69, 9.17) is 5.73 Å². The summed E-state index contributed by atoms with van der Waals surface area (Å²) in [6.45, 7) is 0. The van der Waals surface area contributed by atoms with Crippen molar-refractivity contribution in [1.82, 2.24) is 0 Å². The first-order valence-corrected chi connectivity index (χ1v) is 8.42. The van der Waals surface area contributed by atoms with Crippen LogP contribution in [0.1, 0.15) is 0 Å². The first kappa shape index (κ1) is 15.7. The number of hydrogen-bond donors (Lipinski definition) is 2. The third kappa shape index (κ3) is 4.41. The third-order valence-corrected chi connectivity index (χ3v) is 4.51. The number of anilines is 2. The molecule has 21 heavy (non-hydrogen) atoms. The molecule has 2 rings (SSSR count). The summed E-state index contributed by atoms with van der Waals surface area (Å²) in [5.74, 6) is -0.377. The second-order valence-electron chi connectivity index (χ2n) is 4.22. The van der Waals surface area contributed by atoms with Gasteiger partial charge >= 0.3 is 0 Å². The maximum atomic E-state index is 13.3. The molecule has 0 aliphatic rings. The molecule has 0 aromatic heterocycles. The van der Waals surface area contributed by atoms with Crippen LogP contribution in [-0.2, 0) is 4.79 Å². The van der Waals surface area contributed by atoms with Crippen molar-refractivity contribution in [2.45, 2.75) is 9.79 Å². The zero-order chi connectivity index (χ0) is 15.2. The molecule has 1 amide bonds. The van der Waals surface area contributed by atoms with Crippen molar-refractivity contribution in [2.24, 2.45) is 0 Å². The average molecular weight is 322 g/mol. The number of carbonyl (C=O) groups is 1. The Bertz CT molecular complexity index is 649. The molecule has 6 heteroatoms. The monoisotopic (exact) mass is 322 g/mol. The van der Waals surface area contributed by atoms with Gasteiger partial charge in [0, 0.05) is 9.79 Å². The van der Waals surface area contributed by atoms with Crippen LogP contribution in [0.25, 0.3) is 0 Å². The van der Waals surface area contributed by atoms with Gasteiger partial charge in [-0.1, -0.05) is 12.1 Å². The van der Waals surface area contributed by atoms with Crippen LogP contribution in [0.5, 0.6) is 0 Å². The van der Waals surface area contributed by atoms with Crippen LogP contribution < -0.4 is 11.1 Å². The van der Waals surface area contributed by atoms with E-state index >= 15 is 0 Å². The molecule has 0 bridgehead atoms. The summed E-state index contributed by atoms with van der Waals surface area (Å²) < 4.78 is 13.3. The van der Waals surface area contributed by atoms with E-state index in [1.807, 2.05) is 30.5 Å². The van der Waals surface area contributed by atoms with Crippen LogP contribution in [0.15, 0.2) is 52.3 Å². The van der Waals surface area contributed by atoms with Gasteiger partial charge in [0.1, 0.15) is 5.82 Å². The maximum Gasteiger partial charge on any atom is 0.234 e. The van der Waals surface area contributed by atoms with Crippen LogP contribution in [-0.4, -0.2) is 17.9 Å². The summed E-state index contributed by atoms with van der Waals surface area (Å²) in [6.07, 6.45) is 1.96. The van der Waals surface area contributed by atoms with Crippen LogP contribution in [0.2, 0.25) is 0 Å². The molecule has 0 saturated heterocycles. The normalized spacial score (nSPS) is 10.4. The molecule has 0 saturated carbocycles. The van der Waals surface area contributed by atoms with Gasteiger partial charge in [0.2, 0.25) is 5.91 Å². The number of halogens is 1. The van der Waals surface area contributed by atoms with Gasteiger partial charge in [-0.3, -0.25) is 4.79 Å². The first-order chi connectivity index (χ1) is 10.1. The number of carbonyl (C=O) groups excluding carboxylic acids is 1. The molecule has 0 fully saturated rings. The minimum absolute atomic E-state index is 0.109. The van der Waals surface area contributed by atoms with Crippen molar-refractivity contribution in [3.05, 3.63) is 48.3 Å². The molecule has 3 N–H and O–H groups in total. The number of benzene rings is 2. The second kappa shape index (κ2) is 7.38. The van der Waals surface area contributed by atoms with Crippen molar-refractivity contribution in [3.63, 3.8) is 0 Å². The molecule has 0 heterocycles. The Morgan fingerprint density at radius 1 is 1.29 bits per heavy atom. The van der Waals surface area contributed by atoms with Crippen molar-refractivity contribution in [2.75, 3.05) is 23.1 Å². The minimum atomic E-state index is -0.465. The van der Waals surface area contributed by atoms with Gasteiger partial charge in [-0.25, -0.2) is 4.39 Å². The quantitative estimate of drug-likeness (QED) is 0.648. The highest BCUT2D eigenvalue weighted by Gasteiger charge is 2.08. The summed E-state index contributed by atoms with van der Waals surface area (Å²) in [5, 5.41) is 2.86. The molecule has 0 atom stereocenters. The van der Waals surface area contributed by atoms with E-state index in [1.165, 1.54) is 23.9 Å². The third-order valence-electron chi connectivity index (χ3n) is 2.72. The molecule has 3 nitrogen and oxygen atoms in total. The number of rotatable bonds is 5. The zero-order valence-electron chi connectivity index (χ0n) is 11.4. The predicted octanol–water partition coefficient (Wildman–Crippen LogP) is 3.86. The predicted molar refractivity (Wildman–Crippen MR) is 88.4 cm³/mol. The molecule has 2 aromatic carbocycles. The van der Waals surface area contributed by atoms with E-state index in [9.17, 15) is 9.18 Å². The molecule has 0 spiro atoms. The number of thioether (sulfide) groups is 2. The summed E-state index contributed by atoms with van der Waals surface area (Å²) >= 11 is 2.84. The lowest BCUT2D eigenvalue weighted by Crippen LogP contribution is -2.14. The molecule has 0 aliphatic heterocycles. The molecular weight excluding hydrogens is 307 g/mol. The number of hydrogen-bond acceptors (Lipinski definition) is 4. The van der Waals surface area contributed by atoms with Gasteiger partial charge < -0.3 is 11.1 Å². The van der Waals surface area contributed by atoms with E-state index in [1.54, 1.807) is 17.8 Å². The summed E-state index contributed by atoms with van der Waals surface area (Å²) in [7, 11) is 0. The number of para-hydroxylation sites is 1. The second-order valence-corrected chi connectivity index (χ2v) is 6.12. The van der Waals surface area contributed by atoms with Gasteiger partial charge in [0.05, 0.1) is 17.1 Å². The van der Waals surface area contributed by atoms with Crippen LogP contribution in [0.4, 0.5) is 15.8 Å². The zero-order valence-corrected chi connectivity index (χ0v) is 13.1. The first-order valence-electron chi connectivity index (χ1n) is 6.21. The number of amides is 1. The fraction of sp³-hybridized carbons (Fsp3) is 0.133. The van der Waals surface area contributed by atoms with Crippen molar-refractivity contribution in [3.8, 4) is 0 Å². The van der Waals surface area contributed by atoms with E-state index in [-0.39, 0.29) is 17.3 Å². The van der Waals surface area contributed by atoms with Gasteiger partial charge in [-0.2, -0.15) is 0 Å². The fourth-order valence-electron chi connectivity index (χ4n) is 1.68. The van der Waals surface area contributed by atoms with E-state index < -0.39 is 5.82 Å². The Morgan fingerprint density at radius 2 is 2.05 bits per heavy atom. The summed E-state index contributed by atoms with van der Waals surface area (Å²) in [6, 6.07) is 12.1. The topological polar surface area (TPSA) is 55.1 Å². The maximum absolute atomic E-state index is 13.3. The van der Waals surface area contributed by atoms with E-state index in [0.717, 1.165) is 10.6 Å². The molecule has 0 radical (unpaired) electrons. The van der Waals surface area contributed by atoms with Crippen molar-refractivity contribution in [1.29, 1.82) is 0 Å². The standard InChI is InChI=1S/C15H15FN2OS2/c1-20-14-5-3-2-4-13(14)18-15(19)9-21-10-6-7-12(17)11(16)8-10/h2-8H,9,17H2,1H3,(H,18,19). The Hall–Kier alpha value is -1.66. The Morgan fingerprint density at radius 3 is 2.76 bits per heavy atom. The lowest BCUT2D eigenvalue weighted by molar-refractivity contribution is -0.113. The van der Waals surface area contributed by atoms with Crippen LogP contribution in [0.3, 0.4) is 0 Å². The molecular formula is C15H15FN2OS2. The van der Waals surface area contributed by atoms with Crippen LogP contribution >= 0.6 is 23.5 Å². The molecule has 110 valence electrons. The highest BCUT2D eigenvalue weighted by Crippen LogP contribution is 2.26. The number of nitrogens with one attached hydrogen (secondary N) is 1. The Labute approximate surface area is 131 Å². The Kier molecular flexibility index (Phi) is 5.52. The van der Waals surface area contributed by atoms with Gasteiger partial charge in [0.25, 0.3) is 0 Å². The highest BCUT2D eigenvalue weighted by atomic mass is 32.2.